The Bertz CT molecular complexity index is 2910. The second-order valence-electron chi connectivity index (χ2n) is 12.9. The van der Waals surface area contributed by atoms with Gasteiger partial charge in [-0.3, -0.25) is 19.9 Å². The zero-order valence-electron chi connectivity index (χ0n) is 28.3. The number of nitrogens with zero attached hydrogens (tertiary/aromatic N) is 7. The molecule has 5 aromatic heterocycles. The molecule has 0 atom stereocenters. The van der Waals surface area contributed by atoms with Gasteiger partial charge in [0.15, 0.2) is 17.5 Å². The summed E-state index contributed by atoms with van der Waals surface area (Å²) in [6.07, 6.45) is 6.95. The summed E-state index contributed by atoms with van der Waals surface area (Å²) in [6, 6.07) is 38.5. The molecule has 0 aliphatic carbocycles. The number of pyridine rings is 4. The standard InChI is InChI=1S/C45H25F2N7/c46-37-16-14-27(33-24-29-10-4-18-48-39(29)41-31(33)12-6-20-50-41)22-35(37)44-52-43(26-8-2-1-3-9-26)53-45(54-44)36-23-28(15-17-38(36)47)34-25-30-11-5-19-49-40(30)42-32(34)13-7-21-51-42/h1-25H. The van der Waals surface area contributed by atoms with Crippen LogP contribution in [0.25, 0.3) is 100 Å². The summed E-state index contributed by atoms with van der Waals surface area (Å²) in [5.41, 5.74) is 7.18. The maximum atomic E-state index is 16.0. The molecule has 10 aromatic rings. The van der Waals surface area contributed by atoms with E-state index in [9.17, 15) is 0 Å². The van der Waals surface area contributed by atoms with E-state index in [4.69, 9.17) is 15.0 Å². The minimum atomic E-state index is -0.530. The van der Waals surface area contributed by atoms with Gasteiger partial charge in [0.25, 0.3) is 0 Å². The van der Waals surface area contributed by atoms with Crippen LogP contribution in [0, 0.1) is 11.6 Å². The van der Waals surface area contributed by atoms with Crippen molar-refractivity contribution in [3.63, 3.8) is 0 Å². The molecule has 0 amide bonds. The summed E-state index contributed by atoms with van der Waals surface area (Å²) in [5, 5.41) is 3.54. The lowest BCUT2D eigenvalue weighted by Crippen LogP contribution is -2.03. The molecule has 9 heteroatoms. The number of aromatic nitrogens is 7. The summed E-state index contributed by atoms with van der Waals surface area (Å²) in [7, 11) is 0. The first-order chi connectivity index (χ1) is 26.6. The molecule has 10 rings (SSSR count). The maximum absolute atomic E-state index is 16.0. The first-order valence-electron chi connectivity index (χ1n) is 17.3. The van der Waals surface area contributed by atoms with Crippen LogP contribution in [-0.4, -0.2) is 34.9 Å². The van der Waals surface area contributed by atoms with Gasteiger partial charge in [0, 0.05) is 51.9 Å². The SMILES string of the molecule is Fc1ccc(-c2cc3cccnc3c3ncccc23)cc1-c1nc(-c2ccccc2)nc(-c2cc(-c3cc4cccnc4c4ncccc34)ccc2F)n1. The normalized spacial score (nSPS) is 11.5. The van der Waals surface area contributed by atoms with Crippen LogP contribution in [0.2, 0.25) is 0 Å². The molecule has 0 fully saturated rings. The van der Waals surface area contributed by atoms with E-state index in [2.05, 4.69) is 19.9 Å². The summed E-state index contributed by atoms with van der Waals surface area (Å²) in [4.78, 5) is 32.7. The van der Waals surface area contributed by atoms with Gasteiger partial charge in [-0.25, -0.2) is 23.7 Å². The van der Waals surface area contributed by atoms with Gasteiger partial charge in [-0.15, -0.1) is 0 Å². The van der Waals surface area contributed by atoms with Gasteiger partial charge in [0.05, 0.1) is 33.2 Å². The second-order valence-corrected chi connectivity index (χ2v) is 12.9. The highest BCUT2D eigenvalue weighted by Gasteiger charge is 2.20. The molecule has 5 heterocycles. The predicted octanol–water partition coefficient (Wildman–Crippen LogP) is 10.7. The van der Waals surface area contributed by atoms with E-state index in [0.29, 0.717) is 5.56 Å². The highest BCUT2D eigenvalue weighted by molar-refractivity contribution is 6.11. The monoisotopic (exact) mass is 701 g/mol. The molecule has 0 N–H and O–H groups in total. The van der Waals surface area contributed by atoms with Crippen LogP contribution in [0.15, 0.2) is 152 Å². The highest BCUT2D eigenvalue weighted by atomic mass is 19.1. The average molecular weight is 702 g/mol. The van der Waals surface area contributed by atoms with E-state index < -0.39 is 11.6 Å². The van der Waals surface area contributed by atoms with E-state index in [1.165, 1.54) is 12.1 Å². The topological polar surface area (TPSA) is 90.2 Å². The van der Waals surface area contributed by atoms with Crippen molar-refractivity contribution < 1.29 is 8.78 Å². The number of hydrogen-bond acceptors (Lipinski definition) is 7. The molecular formula is C45H25F2N7. The van der Waals surface area contributed by atoms with Crippen molar-refractivity contribution in [2.24, 2.45) is 0 Å². The Morgan fingerprint density at radius 1 is 0.333 bits per heavy atom. The minimum Gasteiger partial charge on any atom is -0.254 e. The first-order valence-corrected chi connectivity index (χ1v) is 17.3. The zero-order valence-corrected chi connectivity index (χ0v) is 28.3. The Kier molecular flexibility index (Phi) is 7.36. The van der Waals surface area contributed by atoms with Crippen LogP contribution in [-0.2, 0) is 0 Å². The smallest absolute Gasteiger partial charge is 0.167 e. The fourth-order valence-electron chi connectivity index (χ4n) is 7.09. The zero-order chi connectivity index (χ0) is 36.2. The van der Waals surface area contributed by atoms with Crippen LogP contribution < -0.4 is 0 Å². The molecule has 0 bridgehead atoms. The molecule has 0 saturated heterocycles. The molecular weight excluding hydrogens is 677 g/mol. The maximum Gasteiger partial charge on any atom is 0.167 e. The molecule has 0 unspecified atom stereocenters. The van der Waals surface area contributed by atoms with Crippen LogP contribution in [0.4, 0.5) is 8.78 Å². The van der Waals surface area contributed by atoms with Crippen molar-refractivity contribution in [2.75, 3.05) is 0 Å². The quantitative estimate of drug-likeness (QED) is 0.165. The average Bonchev–Trinajstić information content (AvgIpc) is 3.23. The lowest BCUT2D eigenvalue weighted by molar-refractivity contribution is 0.628. The van der Waals surface area contributed by atoms with Gasteiger partial charge >= 0.3 is 0 Å². The van der Waals surface area contributed by atoms with Crippen LogP contribution in [0.3, 0.4) is 0 Å². The summed E-state index contributed by atoms with van der Waals surface area (Å²) >= 11 is 0. The van der Waals surface area contributed by atoms with Crippen LogP contribution in [0.1, 0.15) is 0 Å². The Morgan fingerprint density at radius 3 is 1.28 bits per heavy atom. The van der Waals surface area contributed by atoms with Crippen LogP contribution >= 0.6 is 0 Å². The molecule has 0 aliphatic heterocycles. The molecule has 0 radical (unpaired) electrons. The summed E-state index contributed by atoms with van der Waals surface area (Å²) < 4.78 is 32.1. The van der Waals surface area contributed by atoms with Crippen molar-refractivity contribution in [3.05, 3.63) is 164 Å². The molecule has 254 valence electrons. The minimum absolute atomic E-state index is 0.0688. The van der Waals surface area contributed by atoms with Crippen molar-refractivity contribution >= 4 is 43.6 Å². The Morgan fingerprint density at radius 2 is 0.778 bits per heavy atom. The van der Waals surface area contributed by atoms with Gasteiger partial charge in [-0.1, -0.05) is 66.7 Å². The van der Waals surface area contributed by atoms with E-state index in [1.54, 1.807) is 49.1 Å². The number of hydrogen-bond donors (Lipinski definition) is 0. The molecule has 7 nitrogen and oxygen atoms in total. The van der Waals surface area contributed by atoms with Gasteiger partial charge in [-0.2, -0.15) is 0 Å². The third kappa shape index (κ3) is 5.29. The van der Waals surface area contributed by atoms with Gasteiger partial charge < -0.3 is 0 Å². The Labute approximate surface area is 306 Å². The number of fused-ring (bicyclic) bond motifs is 6. The van der Waals surface area contributed by atoms with Crippen molar-refractivity contribution in [3.8, 4) is 56.4 Å². The van der Waals surface area contributed by atoms with Crippen molar-refractivity contribution in [2.45, 2.75) is 0 Å². The number of halogens is 2. The van der Waals surface area contributed by atoms with Crippen molar-refractivity contribution in [1.29, 1.82) is 0 Å². The highest BCUT2D eigenvalue weighted by Crippen LogP contribution is 2.38. The molecule has 5 aromatic carbocycles. The Hall–Kier alpha value is -7.39. The third-order valence-corrected chi connectivity index (χ3v) is 9.63. The fraction of sp³-hybridized carbons (Fsp3) is 0. The number of benzene rings is 5. The predicted molar refractivity (Wildman–Crippen MR) is 208 cm³/mol. The van der Waals surface area contributed by atoms with E-state index in [-0.39, 0.29) is 28.6 Å². The van der Waals surface area contributed by atoms with Crippen molar-refractivity contribution in [1.82, 2.24) is 34.9 Å². The molecule has 0 spiro atoms. The summed E-state index contributed by atoms with van der Waals surface area (Å²) in [5.74, 6) is -0.641. The fourth-order valence-corrected chi connectivity index (χ4v) is 7.09. The lowest BCUT2D eigenvalue weighted by Gasteiger charge is -2.14. The first kappa shape index (κ1) is 31.4. The van der Waals surface area contributed by atoms with Gasteiger partial charge in [0.2, 0.25) is 0 Å². The Balaban J connectivity index is 1.17. The molecule has 0 saturated carbocycles. The van der Waals surface area contributed by atoms with E-state index in [1.807, 2.05) is 91.0 Å². The lowest BCUT2D eigenvalue weighted by atomic mass is 9.96. The van der Waals surface area contributed by atoms with E-state index in [0.717, 1.165) is 65.9 Å². The largest absolute Gasteiger partial charge is 0.254 e. The molecule has 0 aliphatic rings. The van der Waals surface area contributed by atoms with Crippen LogP contribution in [0.5, 0.6) is 0 Å². The molecule has 54 heavy (non-hydrogen) atoms. The number of rotatable bonds is 5. The second kappa shape index (κ2) is 12.7. The van der Waals surface area contributed by atoms with Gasteiger partial charge in [-0.05, 0) is 82.9 Å². The van der Waals surface area contributed by atoms with E-state index >= 15 is 8.78 Å². The summed E-state index contributed by atoms with van der Waals surface area (Å²) in [6.45, 7) is 0. The van der Waals surface area contributed by atoms with Gasteiger partial charge in [0.1, 0.15) is 11.6 Å². The third-order valence-electron chi connectivity index (χ3n) is 9.63.